The van der Waals surface area contributed by atoms with Gasteiger partial charge in [-0.2, -0.15) is 0 Å². The largest absolute Gasteiger partial charge is 0.495 e. The zero-order valence-corrected chi connectivity index (χ0v) is 19.4. The Labute approximate surface area is 195 Å². The molecule has 1 N–H and O–H groups in total. The number of piperidine rings is 1. The molecule has 1 aliphatic heterocycles. The lowest BCUT2D eigenvalue weighted by molar-refractivity contribution is -0.384. The van der Waals surface area contributed by atoms with Gasteiger partial charge in [0, 0.05) is 35.3 Å². The van der Waals surface area contributed by atoms with Crippen molar-refractivity contribution < 1.29 is 22.9 Å². The molecule has 2 aromatic rings. The quantitative estimate of drug-likeness (QED) is 0.450. The standard InChI is InChI=1S/C20H21Cl2N3O6S/c1-31-19-7-6-16(25(27)28)10-18(19)23-20(26)13-3-2-8-24(11-13)32(29,30)12-14-4-5-15(21)9-17(14)22/h4-7,9-10,13H,2-3,8,11-12H2,1H3,(H,23,26)/t13-/m0/s1. The van der Waals surface area contributed by atoms with Crippen molar-refractivity contribution in [3.05, 3.63) is 62.1 Å². The van der Waals surface area contributed by atoms with Gasteiger partial charge in [-0.3, -0.25) is 14.9 Å². The predicted molar refractivity (Wildman–Crippen MR) is 122 cm³/mol. The van der Waals surface area contributed by atoms with E-state index in [0.29, 0.717) is 23.4 Å². The van der Waals surface area contributed by atoms with Crippen molar-refractivity contribution in [1.29, 1.82) is 0 Å². The van der Waals surface area contributed by atoms with Crippen molar-refractivity contribution >= 4 is 50.5 Å². The molecule has 1 amide bonds. The highest BCUT2D eigenvalue weighted by atomic mass is 35.5. The minimum Gasteiger partial charge on any atom is -0.495 e. The number of methoxy groups -OCH3 is 1. The van der Waals surface area contributed by atoms with Crippen LogP contribution in [0.25, 0.3) is 0 Å². The lowest BCUT2D eigenvalue weighted by Crippen LogP contribution is -2.44. The van der Waals surface area contributed by atoms with E-state index in [1.807, 2.05) is 0 Å². The van der Waals surface area contributed by atoms with Crippen LogP contribution in [-0.4, -0.2) is 43.8 Å². The van der Waals surface area contributed by atoms with Crippen molar-refractivity contribution in [2.24, 2.45) is 5.92 Å². The highest BCUT2D eigenvalue weighted by Crippen LogP contribution is 2.31. The van der Waals surface area contributed by atoms with Crippen molar-refractivity contribution in [3.8, 4) is 5.75 Å². The lowest BCUT2D eigenvalue weighted by atomic mass is 9.98. The van der Waals surface area contributed by atoms with Crippen LogP contribution in [-0.2, 0) is 20.6 Å². The highest BCUT2D eigenvalue weighted by Gasteiger charge is 2.33. The lowest BCUT2D eigenvalue weighted by Gasteiger charge is -2.31. The second-order valence-electron chi connectivity index (χ2n) is 7.32. The summed E-state index contributed by atoms with van der Waals surface area (Å²) in [5.41, 5.74) is 0.373. The maximum Gasteiger partial charge on any atom is 0.271 e. The van der Waals surface area contributed by atoms with Crippen LogP contribution in [0.3, 0.4) is 0 Å². The van der Waals surface area contributed by atoms with E-state index in [2.05, 4.69) is 5.32 Å². The van der Waals surface area contributed by atoms with Gasteiger partial charge in [-0.05, 0) is 36.6 Å². The molecule has 1 fully saturated rings. The molecule has 2 aromatic carbocycles. The van der Waals surface area contributed by atoms with Crippen LogP contribution in [0, 0.1) is 16.0 Å². The number of anilines is 1. The van der Waals surface area contributed by atoms with E-state index in [1.165, 1.54) is 35.7 Å². The molecule has 1 saturated heterocycles. The summed E-state index contributed by atoms with van der Waals surface area (Å²) >= 11 is 12.0. The SMILES string of the molecule is COc1ccc([N+](=O)[O-])cc1NC(=O)[C@H]1CCCN(S(=O)(=O)Cc2ccc(Cl)cc2Cl)C1. The number of carbonyl (C=O) groups is 1. The van der Waals surface area contributed by atoms with Crippen LogP contribution >= 0.6 is 23.2 Å². The number of carbonyl (C=O) groups excluding carboxylic acids is 1. The van der Waals surface area contributed by atoms with Crippen molar-refractivity contribution in [1.82, 2.24) is 4.31 Å². The number of ether oxygens (including phenoxy) is 1. The minimum absolute atomic E-state index is 0.00336. The van der Waals surface area contributed by atoms with Crippen LogP contribution in [0.2, 0.25) is 10.0 Å². The number of hydrogen-bond donors (Lipinski definition) is 1. The number of non-ortho nitro benzene ring substituents is 1. The van der Waals surface area contributed by atoms with Gasteiger partial charge < -0.3 is 10.1 Å². The number of amides is 1. The van der Waals surface area contributed by atoms with E-state index < -0.39 is 26.8 Å². The Kier molecular flexibility index (Phi) is 7.60. The third-order valence-corrected chi connectivity index (χ3v) is 7.53. The molecule has 0 aliphatic carbocycles. The first-order chi connectivity index (χ1) is 15.1. The Hall–Kier alpha value is -2.40. The number of rotatable bonds is 7. The van der Waals surface area contributed by atoms with Gasteiger partial charge in [-0.1, -0.05) is 29.3 Å². The van der Waals surface area contributed by atoms with Crippen molar-refractivity contribution in [2.45, 2.75) is 18.6 Å². The fourth-order valence-corrected chi connectivity index (χ4v) is 5.67. The number of nitro benzene ring substituents is 1. The second kappa shape index (κ2) is 10.0. The number of benzene rings is 2. The molecule has 1 heterocycles. The van der Waals surface area contributed by atoms with E-state index in [-0.39, 0.29) is 41.0 Å². The maximum absolute atomic E-state index is 12.9. The molecular formula is C20H21Cl2N3O6S. The summed E-state index contributed by atoms with van der Waals surface area (Å²) in [6.45, 7) is 0.286. The average molecular weight is 502 g/mol. The first-order valence-electron chi connectivity index (χ1n) is 9.66. The van der Waals surface area contributed by atoms with Crippen LogP contribution < -0.4 is 10.1 Å². The molecule has 0 spiro atoms. The second-order valence-corrected chi connectivity index (χ2v) is 10.1. The van der Waals surface area contributed by atoms with Gasteiger partial charge in [0.25, 0.3) is 5.69 Å². The van der Waals surface area contributed by atoms with Gasteiger partial charge in [-0.25, -0.2) is 12.7 Å². The number of nitrogens with one attached hydrogen (secondary N) is 1. The van der Waals surface area contributed by atoms with E-state index in [9.17, 15) is 23.3 Å². The third-order valence-electron chi connectivity index (χ3n) is 5.15. The van der Waals surface area contributed by atoms with Crippen LogP contribution in [0.4, 0.5) is 11.4 Å². The van der Waals surface area contributed by atoms with E-state index in [0.717, 1.165) is 0 Å². The molecule has 12 heteroatoms. The Morgan fingerprint density at radius 2 is 2.03 bits per heavy atom. The highest BCUT2D eigenvalue weighted by molar-refractivity contribution is 7.88. The number of sulfonamides is 1. The minimum atomic E-state index is -3.73. The van der Waals surface area contributed by atoms with Gasteiger partial charge in [0.1, 0.15) is 5.75 Å². The first kappa shape index (κ1) is 24.2. The summed E-state index contributed by atoms with van der Waals surface area (Å²) in [5, 5.41) is 14.3. The predicted octanol–water partition coefficient (Wildman–Crippen LogP) is 4.09. The molecule has 172 valence electrons. The first-order valence-corrected chi connectivity index (χ1v) is 12.0. The molecular weight excluding hydrogens is 481 g/mol. The molecule has 1 aliphatic rings. The molecule has 0 radical (unpaired) electrons. The molecule has 1 atom stereocenters. The summed E-state index contributed by atoms with van der Waals surface area (Å²) in [7, 11) is -2.35. The normalized spacial score (nSPS) is 17.0. The van der Waals surface area contributed by atoms with Crippen LogP contribution in [0.15, 0.2) is 36.4 Å². The van der Waals surface area contributed by atoms with Crippen LogP contribution in [0.5, 0.6) is 5.75 Å². The summed E-state index contributed by atoms with van der Waals surface area (Å²) in [6.07, 6.45) is 0.981. The molecule has 3 rings (SSSR count). The third kappa shape index (κ3) is 5.69. The molecule has 0 unspecified atom stereocenters. The maximum atomic E-state index is 12.9. The summed E-state index contributed by atoms with van der Waals surface area (Å²) in [6, 6.07) is 8.47. The number of nitro groups is 1. The van der Waals surface area contributed by atoms with Gasteiger partial charge in [0.05, 0.1) is 29.4 Å². The van der Waals surface area contributed by atoms with E-state index in [1.54, 1.807) is 12.1 Å². The summed E-state index contributed by atoms with van der Waals surface area (Å²) < 4.78 is 32.3. The van der Waals surface area contributed by atoms with E-state index >= 15 is 0 Å². The smallest absolute Gasteiger partial charge is 0.271 e. The number of halogens is 2. The molecule has 32 heavy (non-hydrogen) atoms. The number of nitrogens with zero attached hydrogens (tertiary/aromatic N) is 2. The van der Waals surface area contributed by atoms with Gasteiger partial charge in [0.2, 0.25) is 15.9 Å². The summed E-state index contributed by atoms with van der Waals surface area (Å²) in [4.78, 5) is 23.3. The van der Waals surface area contributed by atoms with Crippen molar-refractivity contribution in [3.63, 3.8) is 0 Å². The fraction of sp³-hybridized carbons (Fsp3) is 0.350. The molecule has 0 aromatic heterocycles. The Balaban J connectivity index is 1.73. The van der Waals surface area contributed by atoms with Gasteiger partial charge in [-0.15, -0.1) is 0 Å². The zero-order chi connectivity index (χ0) is 23.5. The van der Waals surface area contributed by atoms with Gasteiger partial charge >= 0.3 is 0 Å². The zero-order valence-electron chi connectivity index (χ0n) is 17.1. The Morgan fingerprint density at radius 3 is 2.69 bits per heavy atom. The summed E-state index contributed by atoms with van der Waals surface area (Å²) in [5.74, 6) is -1.10. The fourth-order valence-electron chi connectivity index (χ4n) is 3.48. The average Bonchev–Trinajstić information content (AvgIpc) is 2.75. The van der Waals surface area contributed by atoms with Gasteiger partial charge in [0.15, 0.2) is 0 Å². The molecule has 9 nitrogen and oxygen atoms in total. The molecule has 0 bridgehead atoms. The molecule has 0 saturated carbocycles. The monoisotopic (exact) mass is 501 g/mol. The van der Waals surface area contributed by atoms with E-state index in [4.69, 9.17) is 27.9 Å². The van der Waals surface area contributed by atoms with Crippen LogP contribution in [0.1, 0.15) is 18.4 Å². The Morgan fingerprint density at radius 1 is 1.28 bits per heavy atom. The Bertz CT molecular complexity index is 1140. The topological polar surface area (TPSA) is 119 Å². The number of hydrogen-bond acceptors (Lipinski definition) is 6. The van der Waals surface area contributed by atoms with Crippen molar-refractivity contribution in [2.75, 3.05) is 25.5 Å².